The number of allylic oxidation sites excluding steroid dienone is 1. The summed E-state index contributed by atoms with van der Waals surface area (Å²) in [5.41, 5.74) is 0.243. The number of hydroxylamine groups is 2. The van der Waals surface area contributed by atoms with Crippen molar-refractivity contribution in [3.63, 3.8) is 0 Å². The molecule has 0 aromatic heterocycles. The van der Waals surface area contributed by atoms with Gasteiger partial charge < -0.3 is 9.57 Å². The highest BCUT2D eigenvalue weighted by Crippen LogP contribution is 2.13. The molecule has 2 aliphatic rings. The fraction of sp³-hybridized carbons (Fsp3) is 0.231. The van der Waals surface area contributed by atoms with E-state index in [0.29, 0.717) is 0 Å². The van der Waals surface area contributed by atoms with Crippen LogP contribution in [-0.4, -0.2) is 53.4 Å². The van der Waals surface area contributed by atoms with Crippen molar-refractivity contribution in [3.05, 3.63) is 36.6 Å². The smallest absolute Gasteiger partial charge is 0.358 e. The highest BCUT2D eigenvalue weighted by atomic mass is 16.7. The third-order valence-electron chi connectivity index (χ3n) is 2.65. The maximum Gasteiger partial charge on any atom is 0.358 e. The number of nitrogens with zero attached hydrogens (tertiary/aromatic N) is 2. The molecule has 0 fully saturated rings. The fourth-order valence-corrected chi connectivity index (χ4v) is 1.64. The average molecular weight is 292 g/mol. The van der Waals surface area contributed by atoms with E-state index in [9.17, 15) is 19.2 Å². The van der Waals surface area contributed by atoms with Crippen LogP contribution in [0.2, 0.25) is 0 Å². The Kier molecular flexibility index (Phi) is 4.29. The second-order valence-electron chi connectivity index (χ2n) is 4.13. The lowest BCUT2D eigenvalue weighted by Gasteiger charge is -2.16. The van der Waals surface area contributed by atoms with E-state index in [1.165, 1.54) is 12.2 Å². The van der Waals surface area contributed by atoms with Gasteiger partial charge in [0.25, 0.3) is 17.7 Å². The first kappa shape index (κ1) is 14.7. The Morgan fingerprint density at radius 1 is 1.05 bits per heavy atom. The van der Waals surface area contributed by atoms with Crippen LogP contribution in [0.3, 0.4) is 0 Å². The molecular weight excluding hydrogens is 280 g/mol. The molecule has 0 atom stereocenters. The molecule has 21 heavy (non-hydrogen) atoms. The van der Waals surface area contributed by atoms with E-state index in [-0.39, 0.29) is 18.8 Å². The Bertz CT molecular complexity index is 541. The van der Waals surface area contributed by atoms with Crippen LogP contribution < -0.4 is 0 Å². The van der Waals surface area contributed by atoms with Crippen LogP contribution in [0, 0.1) is 0 Å². The van der Waals surface area contributed by atoms with Gasteiger partial charge >= 0.3 is 5.97 Å². The molecule has 8 nitrogen and oxygen atoms in total. The lowest BCUT2D eigenvalue weighted by molar-refractivity contribution is -0.189. The lowest BCUT2D eigenvalue weighted by atomic mass is 10.5. The molecule has 0 bridgehead atoms. The van der Waals surface area contributed by atoms with Crippen LogP contribution in [0.4, 0.5) is 0 Å². The van der Waals surface area contributed by atoms with Gasteiger partial charge in [0.2, 0.25) is 0 Å². The third-order valence-corrected chi connectivity index (χ3v) is 2.65. The number of hydrogen-bond donors (Lipinski definition) is 0. The van der Waals surface area contributed by atoms with E-state index in [0.717, 1.165) is 22.1 Å². The third kappa shape index (κ3) is 3.42. The van der Waals surface area contributed by atoms with Gasteiger partial charge in [0.15, 0.2) is 0 Å². The largest absolute Gasteiger partial charge is 0.368 e. The highest BCUT2D eigenvalue weighted by molar-refractivity contribution is 6.12. The number of amides is 3. The maximum atomic E-state index is 11.4. The van der Waals surface area contributed by atoms with Gasteiger partial charge in [-0.25, -0.2) is 4.79 Å². The summed E-state index contributed by atoms with van der Waals surface area (Å²) in [7, 11) is 0. The molecule has 2 rings (SSSR count). The molecule has 8 heteroatoms. The lowest BCUT2D eigenvalue weighted by Crippen LogP contribution is -2.34. The Balaban J connectivity index is 1.66. The second kappa shape index (κ2) is 6.14. The first-order chi connectivity index (χ1) is 9.99. The predicted octanol–water partition coefficient (Wildman–Crippen LogP) is -0.702. The van der Waals surface area contributed by atoms with Crippen molar-refractivity contribution in [1.29, 1.82) is 0 Å². The van der Waals surface area contributed by atoms with Crippen LogP contribution in [0.25, 0.3) is 0 Å². The van der Waals surface area contributed by atoms with Crippen LogP contribution in [0.15, 0.2) is 36.6 Å². The average Bonchev–Trinajstić information content (AvgIpc) is 2.92. The number of carbonyl (C=O) groups is 4. The van der Waals surface area contributed by atoms with Crippen LogP contribution in [0.1, 0.15) is 0 Å². The van der Waals surface area contributed by atoms with Gasteiger partial charge in [0.1, 0.15) is 6.61 Å². The first-order valence-electron chi connectivity index (χ1n) is 6.02. The van der Waals surface area contributed by atoms with E-state index in [2.05, 4.69) is 6.58 Å². The molecule has 110 valence electrons. The fourth-order valence-electron chi connectivity index (χ4n) is 1.64. The number of imide groups is 1. The van der Waals surface area contributed by atoms with Crippen molar-refractivity contribution < 1.29 is 28.8 Å². The topological polar surface area (TPSA) is 93.2 Å². The summed E-state index contributed by atoms with van der Waals surface area (Å²) in [5, 5.41) is 0.753. The zero-order valence-corrected chi connectivity index (χ0v) is 11.0. The van der Waals surface area contributed by atoms with Gasteiger partial charge in [-0.2, -0.15) is 0 Å². The Morgan fingerprint density at radius 2 is 1.67 bits per heavy atom. The van der Waals surface area contributed by atoms with Crippen molar-refractivity contribution in [2.45, 2.75) is 0 Å². The molecular formula is C13H12N2O6. The molecule has 2 heterocycles. The summed E-state index contributed by atoms with van der Waals surface area (Å²) < 4.78 is 5.00. The number of ether oxygens (including phenoxy) is 1. The van der Waals surface area contributed by atoms with E-state index in [1.807, 2.05) is 0 Å². The van der Waals surface area contributed by atoms with Gasteiger partial charge in [-0.3, -0.25) is 19.3 Å². The summed E-state index contributed by atoms with van der Waals surface area (Å²) in [6.07, 6.45) is 4.95. The molecule has 3 amide bonds. The molecule has 0 N–H and O–H groups in total. The quantitative estimate of drug-likeness (QED) is 0.474. The summed E-state index contributed by atoms with van der Waals surface area (Å²) in [6.45, 7) is 3.12. The summed E-state index contributed by atoms with van der Waals surface area (Å²) >= 11 is 0. The number of hydrogen-bond acceptors (Lipinski definition) is 6. The summed E-state index contributed by atoms with van der Waals surface area (Å²) in [4.78, 5) is 50.9. The Labute approximate surface area is 119 Å². The molecule has 0 aliphatic carbocycles. The molecule has 2 aliphatic heterocycles. The molecule has 0 radical (unpaired) electrons. The zero-order chi connectivity index (χ0) is 15.4. The molecule has 0 spiro atoms. The minimum Gasteiger partial charge on any atom is -0.368 e. The molecule has 0 aromatic carbocycles. The molecule has 0 unspecified atom stereocenters. The molecule has 0 saturated carbocycles. The van der Waals surface area contributed by atoms with Crippen molar-refractivity contribution in [1.82, 2.24) is 9.96 Å². The van der Waals surface area contributed by atoms with Gasteiger partial charge in [-0.1, -0.05) is 6.58 Å². The van der Waals surface area contributed by atoms with Gasteiger partial charge in [-0.15, -0.1) is 5.06 Å². The maximum absolute atomic E-state index is 11.4. The van der Waals surface area contributed by atoms with Crippen molar-refractivity contribution in [3.8, 4) is 0 Å². The SMILES string of the molecule is C=C1C=CC(=O)N1OC(=O)COCCN1C(=O)C=CC1=O. The monoisotopic (exact) mass is 292 g/mol. The standard InChI is InChI=1S/C13H12N2O6/c1-9-2-3-12(18)15(9)21-13(19)8-20-7-6-14-10(16)4-5-11(14)17/h2-5H,1,6-8H2. The van der Waals surface area contributed by atoms with Crippen molar-refractivity contribution in [2.24, 2.45) is 0 Å². The van der Waals surface area contributed by atoms with E-state index >= 15 is 0 Å². The minimum absolute atomic E-state index is 0.0125. The van der Waals surface area contributed by atoms with Gasteiger partial charge in [0.05, 0.1) is 18.8 Å². The first-order valence-corrected chi connectivity index (χ1v) is 6.02. The Hall–Kier alpha value is -2.74. The highest BCUT2D eigenvalue weighted by Gasteiger charge is 2.24. The van der Waals surface area contributed by atoms with Crippen molar-refractivity contribution >= 4 is 23.7 Å². The van der Waals surface area contributed by atoms with Gasteiger partial charge in [-0.05, 0) is 6.08 Å². The second-order valence-corrected chi connectivity index (χ2v) is 4.13. The van der Waals surface area contributed by atoms with E-state index in [1.54, 1.807) is 0 Å². The predicted molar refractivity (Wildman–Crippen MR) is 67.9 cm³/mol. The Morgan fingerprint density at radius 3 is 2.24 bits per heavy atom. The van der Waals surface area contributed by atoms with E-state index in [4.69, 9.17) is 9.57 Å². The molecule has 0 aromatic rings. The summed E-state index contributed by atoms with van der Waals surface area (Å²) in [6, 6.07) is 0. The van der Waals surface area contributed by atoms with Crippen molar-refractivity contribution in [2.75, 3.05) is 19.8 Å². The van der Waals surface area contributed by atoms with Gasteiger partial charge in [0, 0.05) is 18.2 Å². The van der Waals surface area contributed by atoms with Crippen LogP contribution in [-0.2, 0) is 28.8 Å². The van der Waals surface area contributed by atoms with E-state index < -0.39 is 30.3 Å². The number of carbonyl (C=O) groups excluding carboxylic acids is 4. The normalized spacial score (nSPS) is 17.3. The molecule has 0 saturated heterocycles. The minimum atomic E-state index is -0.787. The van der Waals surface area contributed by atoms with Crippen LogP contribution >= 0.6 is 0 Å². The number of rotatable bonds is 6. The van der Waals surface area contributed by atoms with Crippen LogP contribution in [0.5, 0.6) is 0 Å². The summed E-state index contributed by atoms with van der Waals surface area (Å²) in [5.74, 6) is -2.13. The zero-order valence-electron chi connectivity index (χ0n) is 11.0.